The van der Waals surface area contributed by atoms with Gasteiger partial charge in [0.25, 0.3) is 5.91 Å². The molecular formula is C20H23ClN2O4S. The molecule has 1 fully saturated rings. The first kappa shape index (κ1) is 20.8. The smallest absolute Gasteiger partial charge is 0.251 e. The minimum absolute atomic E-state index is 0.154. The number of sulfonamides is 1. The summed E-state index contributed by atoms with van der Waals surface area (Å²) >= 11 is 5.90. The molecule has 3 rings (SSSR count). The van der Waals surface area contributed by atoms with Gasteiger partial charge in [-0.3, -0.25) is 4.79 Å². The van der Waals surface area contributed by atoms with Crippen LogP contribution in [0.3, 0.4) is 0 Å². The lowest BCUT2D eigenvalue weighted by Crippen LogP contribution is -2.41. The first-order valence-electron chi connectivity index (χ1n) is 9.04. The Bertz CT molecular complexity index is 955. The number of nitrogens with zero attached hydrogens (tertiary/aromatic N) is 1. The van der Waals surface area contributed by atoms with Gasteiger partial charge in [0.1, 0.15) is 0 Å². The zero-order chi connectivity index (χ0) is 20.3. The summed E-state index contributed by atoms with van der Waals surface area (Å²) in [6.07, 6.45) is 0. The van der Waals surface area contributed by atoms with E-state index in [0.717, 1.165) is 5.56 Å². The van der Waals surface area contributed by atoms with E-state index in [1.165, 1.54) is 10.4 Å². The van der Waals surface area contributed by atoms with Gasteiger partial charge in [-0.05, 0) is 49.2 Å². The van der Waals surface area contributed by atoms with Crippen LogP contribution in [0.25, 0.3) is 0 Å². The molecule has 8 heteroatoms. The zero-order valence-electron chi connectivity index (χ0n) is 15.8. The van der Waals surface area contributed by atoms with Crippen LogP contribution in [-0.2, 0) is 14.8 Å². The number of hydrogen-bond donors (Lipinski definition) is 1. The van der Waals surface area contributed by atoms with Gasteiger partial charge in [-0.1, -0.05) is 29.8 Å². The fourth-order valence-electron chi connectivity index (χ4n) is 3.06. The Morgan fingerprint density at radius 1 is 1.14 bits per heavy atom. The number of carbonyl (C=O) groups excluding carboxylic acids is 1. The monoisotopic (exact) mass is 422 g/mol. The number of rotatable bonds is 5. The van der Waals surface area contributed by atoms with Crippen molar-refractivity contribution in [3.8, 4) is 0 Å². The van der Waals surface area contributed by atoms with Gasteiger partial charge in [-0.2, -0.15) is 4.31 Å². The summed E-state index contributed by atoms with van der Waals surface area (Å²) in [6.45, 7) is 4.96. The van der Waals surface area contributed by atoms with E-state index in [-0.39, 0.29) is 16.8 Å². The van der Waals surface area contributed by atoms with Crippen molar-refractivity contribution in [1.82, 2.24) is 9.62 Å². The second-order valence-electron chi connectivity index (χ2n) is 6.74. The molecule has 2 aromatic carbocycles. The van der Waals surface area contributed by atoms with E-state index >= 15 is 0 Å². The van der Waals surface area contributed by atoms with Gasteiger partial charge in [-0.15, -0.1) is 0 Å². The van der Waals surface area contributed by atoms with E-state index in [1.54, 1.807) is 31.2 Å². The maximum absolute atomic E-state index is 13.0. The van der Waals surface area contributed by atoms with E-state index in [2.05, 4.69) is 5.32 Å². The van der Waals surface area contributed by atoms with Crippen LogP contribution in [0.5, 0.6) is 0 Å². The first-order valence-corrected chi connectivity index (χ1v) is 10.9. The number of amides is 1. The summed E-state index contributed by atoms with van der Waals surface area (Å²) in [5.41, 5.74) is 1.82. The molecular weight excluding hydrogens is 400 g/mol. The van der Waals surface area contributed by atoms with Crippen LogP contribution in [0.2, 0.25) is 5.02 Å². The predicted octanol–water partition coefficient (Wildman–Crippen LogP) is 3.16. The van der Waals surface area contributed by atoms with Gasteiger partial charge in [0.2, 0.25) is 10.0 Å². The Hall–Kier alpha value is -1.93. The molecule has 2 aromatic rings. The molecule has 0 bridgehead atoms. The quantitative estimate of drug-likeness (QED) is 0.803. The summed E-state index contributed by atoms with van der Waals surface area (Å²) in [7, 11) is -3.68. The Labute approximate surface area is 170 Å². The second-order valence-corrected chi connectivity index (χ2v) is 9.09. The van der Waals surface area contributed by atoms with Crippen LogP contribution in [0.4, 0.5) is 0 Å². The lowest BCUT2D eigenvalue weighted by atomic mass is 10.1. The van der Waals surface area contributed by atoms with Gasteiger partial charge in [0.05, 0.1) is 24.2 Å². The number of halogens is 1. The normalized spacial score (nSPS) is 16.5. The van der Waals surface area contributed by atoms with E-state index in [0.29, 0.717) is 42.5 Å². The van der Waals surface area contributed by atoms with Crippen molar-refractivity contribution in [3.05, 3.63) is 64.2 Å². The maximum atomic E-state index is 13.0. The molecule has 0 aromatic heterocycles. The van der Waals surface area contributed by atoms with Crippen molar-refractivity contribution in [1.29, 1.82) is 0 Å². The molecule has 6 nitrogen and oxygen atoms in total. The molecule has 1 aliphatic heterocycles. The standard InChI is InChI=1S/C20H23ClN2O4S/c1-14-3-4-17(13-19(14)28(25,26)23-9-11-27-12-10-23)20(24)22-15(2)16-5-7-18(21)8-6-16/h3-8,13,15H,9-12H2,1-2H3,(H,22,24)/t15-/m0/s1. The van der Waals surface area contributed by atoms with Crippen LogP contribution < -0.4 is 5.32 Å². The van der Waals surface area contributed by atoms with Crippen LogP contribution >= 0.6 is 11.6 Å². The van der Waals surface area contributed by atoms with Gasteiger partial charge < -0.3 is 10.1 Å². The predicted molar refractivity (Wildman–Crippen MR) is 108 cm³/mol. The van der Waals surface area contributed by atoms with Crippen molar-refractivity contribution in [2.24, 2.45) is 0 Å². The van der Waals surface area contributed by atoms with Crippen LogP contribution in [0.15, 0.2) is 47.4 Å². The van der Waals surface area contributed by atoms with E-state index in [9.17, 15) is 13.2 Å². The van der Waals surface area contributed by atoms with Gasteiger partial charge in [-0.25, -0.2) is 8.42 Å². The molecule has 0 aliphatic carbocycles. The third-order valence-electron chi connectivity index (χ3n) is 4.76. The number of aryl methyl sites for hydroxylation is 1. The topological polar surface area (TPSA) is 75.7 Å². The van der Waals surface area contributed by atoms with Crippen LogP contribution in [0.1, 0.15) is 34.5 Å². The number of ether oxygens (including phenoxy) is 1. The fraction of sp³-hybridized carbons (Fsp3) is 0.350. The lowest BCUT2D eigenvalue weighted by Gasteiger charge is -2.26. The third kappa shape index (κ3) is 4.55. The van der Waals surface area contributed by atoms with E-state index < -0.39 is 10.0 Å². The number of hydrogen-bond acceptors (Lipinski definition) is 4. The lowest BCUT2D eigenvalue weighted by molar-refractivity contribution is 0.0730. The molecule has 0 spiro atoms. The highest BCUT2D eigenvalue weighted by Crippen LogP contribution is 2.23. The number of morpholine rings is 1. The third-order valence-corrected chi connectivity index (χ3v) is 7.05. The summed E-state index contributed by atoms with van der Waals surface area (Å²) in [4.78, 5) is 12.9. The summed E-state index contributed by atoms with van der Waals surface area (Å²) in [5, 5.41) is 3.52. The molecule has 150 valence electrons. The molecule has 1 N–H and O–H groups in total. The minimum atomic E-state index is -3.68. The van der Waals surface area contributed by atoms with E-state index in [4.69, 9.17) is 16.3 Å². The van der Waals surface area contributed by atoms with Crippen molar-refractivity contribution in [3.63, 3.8) is 0 Å². The highest BCUT2D eigenvalue weighted by molar-refractivity contribution is 7.89. The van der Waals surface area contributed by atoms with Crippen molar-refractivity contribution in [2.45, 2.75) is 24.8 Å². The van der Waals surface area contributed by atoms with Crippen LogP contribution in [-0.4, -0.2) is 44.9 Å². The number of benzene rings is 2. The Kier molecular flexibility index (Phi) is 6.40. The molecule has 1 saturated heterocycles. The minimum Gasteiger partial charge on any atom is -0.379 e. The van der Waals surface area contributed by atoms with Gasteiger partial charge in [0.15, 0.2) is 0 Å². The molecule has 0 saturated carbocycles. The van der Waals surface area contributed by atoms with Gasteiger partial charge in [0, 0.05) is 23.7 Å². The average Bonchev–Trinajstić information content (AvgIpc) is 2.69. The van der Waals surface area contributed by atoms with Crippen molar-refractivity contribution < 1.29 is 17.9 Å². The maximum Gasteiger partial charge on any atom is 0.251 e. The Morgan fingerprint density at radius 2 is 1.79 bits per heavy atom. The Morgan fingerprint density at radius 3 is 2.43 bits per heavy atom. The highest BCUT2D eigenvalue weighted by Gasteiger charge is 2.28. The average molecular weight is 423 g/mol. The first-order chi connectivity index (χ1) is 13.3. The summed E-state index contributed by atoms with van der Waals surface area (Å²) in [6, 6.07) is 11.7. The molecule has 28 heavy (non-hydrogen) atoms. The summed E-state index contributed by atoms with van der Waals surface area (Å²) in [5.74, 6) is -0.333. The number of nitrogens with one attached hydrogen (secondary N) is 1. The SMILES string of the molecule is Cc1ccc(C(=O)N[C@@H](C)c2ccc(Cl)cc2)cc1S(=O)(=O)N1CCOCC1. The molecule has 0 radical (unpaired) electrons. The van der Waals surface area contributed by atoms with Crippen molar-refractivity contribution in [2.75, 3.05) is 26.3 Å². The molecule has 1 atom stereocenters. The molecule has 1 amide bonds. The highest BCUT2D eigenvalue weighted by atomic mass is 35.5. The second kappa shape index (κ2) is 8.61. The largest absolute Gasteiger partial charge is 0.379 e. The van der Waals surface area contributed by atoms with Crippen molar-refractivity contribution >= 4 is 27.5 Å². The van der Waals surface area contributed by atoms with Gasteiger partial charge >= 0.3 is 0 Å². The molecule has 0 unspecified atom stereocenters. The molecule has 1 heterocycles. The fourth-order valence-corrected chi connectivity index (χ4v) is 4.84. The van der Waals surface area contributed by atoms with E-state index in [1.807, 2.05) is 19.1 Å². The van der Waals surface area contributed by atoms with Crippen LogP contribution in [0, 0.1) is 6.92 Å². The Balaban J connectivity index is 1.82. The summed E-state index contributed by atoms with van der Waals surface area (Å²) < 4.78 is 32.6. The molecule has 1 aliphatic rings. The zero-order valence-corrected chi connectivity index (χ0v) is 17.4. The number of carbonyl (C=O) groups is 1.